The number of nitrogen functional groups attached to an aromatic ring is 1. The average Bonchev–Trinajstić information content (AvgIpc) is 2.39. The number of hydrogen-bond acceptors (Lipinski definition) is 3. The molecule has 0 amide bonds. The van der Waals surface area contributed by atoms with Gasteiger partial charge >= 0.3 is 0 Å². The van der Waals surface area contributed by atoms with Crippen molar-refractivity contribution in [2.75, 3.05) is 17.7 Å². The zero-order chi connectivity index (χ0) is 13.8. The smallest absolute Gasteiger partial charge is 0.144 e. The van der Waals surface area contributed by atoms with Crippen molar-refractivity contribution in [3.8, 4) is 5.75 Å². The van der Waals surface area contributed by atoms with Crippen molar-refractivity contribution in [3.05, 3.63) is 46.4 Å². The number of nitrogens with one attached hydrogen (secondary N) is 1. The van der Waals surface area contributed by atoms with Gasteiger partial charge in [0.2, 0.25) is 0 Å². The summed E-state index contributed by atoms with van der Waals surface area (Å²) in [6.45, 7) is 4.60. The molecular weight excluding hydrogens is 304 g/mol. The van der Waals surface area contributed by atoms with Crippen LogP contribution in [0, 0.1) is 6.92 Å². The second kappa shape index (κ2) is 5.97. The van der Waals surface area contributed by atoms with Crippen LogP contribution in [-0.2, 0) is 0 Å². The van der Waals surface area contributed by atoms with Crippen LogP contribution >= 0.6 is 15.9 Å². The first kappa shape index (κ1) is 13.7. The van der Waals surface area contributed by atoms with Crippen LogP contribution < -0.4 is 15.8 Å². The van der Waals surface area contributed by atoms with Crippen molar-refractivity contribution in [2.45, 2.75) is 13.8 Å². The molecule has 0 spiro atoms. The van der Waals surface area contributed by atoms with Crippen LogP contribution in [-0.4, -0.2) is 6.61 Å². The molecule has 2 rings (SSSR count). The highest BCUT2D eigenvalue weighted by Gasteiger charge is 2.05. The highest BCUT2D eigenvalue weighted by Crippen LogP contribution is 2.31. The van der Waals surface area contributed by atoms with E-state index in [1.54, 1.807) is 0 Å². The molecule has 0 aliphatic carbocycles. The van der Waals surface area contributed by atoms with E-state index in [1.807, 2.05) is 37.3 Å². The second-order valence-corrected chi connectivity index (χ2v) is 5.04. The summed E-state index contributed by atoms with van der Waals surface area (Å²) in [5.41, 5.74) is 9.66. The minimum absolute atomic E-state index is 0.599. The topological polar surface area (TPSA) is 47.3 Å². The van der Waals surface area contributed by atoms with Gasteiger partial charge in [0, 0.05) is 16.2 Å². The second-order valence-electron chi connectivity index (χ2n) is 4.25. The van der Waals surface area contributed by atoms with Gasteiger partial charge in [-0.05, 0) is 53.5 Å². The van der Waals surface area contributed by atoms with Gasteiger partial charge in [-0.25, -0.2) is 0 Å². The van der Waals surface area contributed by atoms with Gasteiger partial charge in [-0.1, -0.05) is 12.1 Å². The predicted molar refractivity (Wildman–Crippen MR) is 84.2 cm³/mol. The van der Waals surface area contributed by atoms with Gasteiger partial charge < -0.3 is 15.8 Å². The monoisotopic (exact) mass is 320 g/mol. The summed E-state index contributed by atoms with van der Waals surface area (Å²) in [4.78, 5) is 0. The first-order chi connectivity index (χ1) is 9.11. The number of halogens is 1. The molecule has 2 aromatic carbocycles. The Morgan fingerprint density at radius 3 is 2.79 bits per heavy atom. The maximum absolute atomic E-state index is 5.86. The molecule has 19 heavy (non-hydrogen) atoms. The number of nitrogens with two attached hydrogens (primary N) is 1. The van der Waals surface area contributed by atoms with Crippen LogP contribution in [0.3, 0.4) is 0 Å². The molecule has 0 unspecified atom stereocenters. The van der Waals surface area contributed by atoms with Crippen molar-refractivity contribution in [1.82, 2.24) is 0 Å². The molecule has 0 saturated heterocycles. The molecule has 0 atom stereocenters. The lowest BCUT2D eigenvalue weighted by atomic mass is 10.2. The summed E-state index contributed by atoms with van der Waals surface area (Å²) in [6.07, 6.45) is 0. The van der Waals surface area contributed by atoms with Gasteiger partial charge in [0.25, 0.3) is 0 Å². The lowest BCUT2D eigenvalue weighted by Gasteiger charge is -2.13. The summed E-state index contributed by atoms with van der Waals surface area (Å²) in [6, 6.07) is 11.8. The van der Waals surface area contributed by atoms with E-state index in [0.29, 0.717) is 18.0 Å². The summed E-state index contributed by atoms with van der Waals surface area (Å²) >= 11 is 3.58. The third kappa shape index (κ3) is 3.20. The summed E-state index contributed by atoms with van der Waals surface area (Å²) in [7, 11) is 0. The summed E-state index contributed by atoms with van der Waals surface area (Å²) in [5.74, 6) is 0.705. The third-order valence-electron chi connectivity index (χ3n) is 2.78. The SMILES string of the molecule is CCOc1cc(Nc2cccc(C)c2Br)ccc1N. The van der Waals surface area contributed by atoms with Gasteiger partial charge in [0.15, 0.2) is 0 Å². The molecule has 0 fully saturated rings. The Morgan fingerprint density at radius 2 is 2.05 bits per heavy atom. The van der Waals surface area contributed by atoms with Crippen molar-refractivity contribution >= 4 is 33.0 Å². The molecule has 0 aliphatic rings. The number of rotatable bonds is 4. The molecular formula is C15H17BrN2O. The molecule has 3 N–H and O–H groups in total. The lowest BCUT2D eigenvalue weighted by molar-refractivity contribution is 0.342. The molecule has 2 aromatic rings. The molecule has 4 heteroatoms. The quantitative estimate of drug-likeness (QED) is 0.816. The van der Waals surface area contributed by atoms with Crippen molar-refractivity contribution in [1.29, 1.82) is 0 Å². The Kier molecular flexibility index (Phi) is 4.32. The third-order valence-corrected chi connectivity index (χ3v) is 3.84. The van der Waals surface area contributed by atoms with Crippen molar-refractivity contribution in [3.63, 3.8) is 0 Å². The molecule has 0 radical (unpaired) electrons. The Hall–Kier alpha value is -1.68. The van der Waals surface area contributed by atoms with Crippen LogP contribution in [0.1, 0.15) is 12.5 Å². The van der Waals surface area contributed by atoms with Crippen LogP contribution in [0.25, 0.3) is 0 Å². The number of aryl methyl sites for hydroxylation is 1. The van der Waals surface area contributed by atoms with Crippen molar-refractivity contribution < 1.29 is 4.74 Å². The fourth-order valence-electron chi connectivity index (χ4n) is 1.79. The van der Waals surface area contributed by atoms with Crippen LogP contribution in [0.15, 0.2) is 40.9 Å². The Morgan fingerprint density at radius 1 is 1.26 bits per heavy atom. The highest BCUT2D eigenvalue weighted by molar-refractivity contribution is 9.10. The number of benzene rings is 2. The molecule has 0 saturated carbocycles. The van der Waals surface area contributed by atoms with Crippen LogP contribution in [0.5, 0.6) is 5.75 Å². The van der Waals surface area contributed by atoms with Crippen LogP contribution in [0.2, 0.25) is 0 Å². The van der Waals surface area contributed by atoms with E-state index in [2.05, 4.69) is 34.2 Å². The fraction of sp³-hybridized carbons (Fsp3) is 0.200. The highest BCUT2D eigenvalue weighted by atomic mass is 79.9. The van der Waals surface area contributed by atoms with Gasteiger partial charge in [-0.15, -0.1) is 0 Å². The van der Waals surface area contributed by atoms with E-state index >= 15 is 0 Å². The summed E-state index contributed by atoms with van der Waals surface area (Å²) < 4.78 is 6.55. The van der Waals surface area contributed by atoms with Gasteiger partial charge in [-0.3, -0.25) is 0 Å². The number of ether oxygens (including phenoxy) is 1. The molecule has 100 valence electrons. The predicted octanol–water partition coefficient (Wildman–Crippen LogP) is 4.48. The maximum Gasteiger partial charge on any atom is 0.144 e. The Balaban J connectivity index is 2.28. The molecule has 0 bridgehead atoms. The first-order valence-electron chi connectivity index (χ1n) is 6.16. The van der Waals surface area contributed by atoms with Gasteiger partial charge in [0.05, 0.1) is 18.0 Å². The zero-order valence-electron chi connectivity index (χ0n) is 11.0. The largest absolute Gasteiger partial charge is 0.492 e. The lowest BCUT2D eigenvalue weighted by Crippen LogP contribution is -1.99. The Labute approximate surface area is 121 Å². The van der Waals surface area contributed by atoms with E-state index in [-0.39, 0.29) is 0 Å². The zero-order valence-corrected chi connectivity index (χ0v) is 12.6. The summed E-state index contributed by atoms with van der Waals surface area (Å²) in [5, 5.41) is 3.36. The van der Waals surface area contributed by atoms with E-state index in [9.17, 15) is 0 Å². The average molecular weight is 321 g/mol. The normalized spacial score (nSPS) is 10.3. The van der Waals surface area contributed by atoms with E-state index in [1.165, 1.54) is 5.56 Å². The molecule has 3 nitrogen and oxygen atoms in total. The molecule has 0 aliphatic heterocycles. The van der Waals surface area contributed by atoms with Crippen LogP contribution in [0.4, 0.5) is 17.1 Å². The van der Waals surface area contributed by atoms with Gasteiger partial charge in [-0.2, -0.15) is 0 Å². The molecule has 0 heterocycles. The standard InChI is InChI=1S/C15H17BrN2O/c1-3-19-14-9-11(7-8-12(14)17)18-13-6-4-5-10(2)15(13)16/h4-9,18H,3,17H2,1-2H3. The Bertz CT molecular complexity index is 584. The first-order valence-corrected chi connectivity index (χ1v) is 6.95. The minimum Gasteiger partial charge on any atom is -0.492 e. The van der Waals surface area contributed by atoms with Gasteiger partial charge in [0.1, 0.15) is 5.75 Å². The van der Waals surface area contributed by atoms with E-state index < -0.39 is 0 Å². The number of hydrogen-bond donors (Lipinski definition) is 2. The minimum atomic E-state index is 0.599. The maximum atomic E-state index is 5.86. The van der Waals surface area contributed by atoms with E-state index in [4.69, 9.17) is 10.5 Å². The fourth-order valence-corrected chi connectivity index (χ4v) is 2.16. The number of anilines is 3. The van der Waals surface area contributed by atoms with Crippen molar-refractivity contribution in [2.24, 2.45) is 0 Å². The van der Waals surface area contributed by atoms with E-state index in [0.717, 1.165) is 15.8 Å². The molecule has 0 aromatic heterocycles.